The summed E-state index contributed by atoms with van der Waals surface area (Å²) in [6.07, 6.45) is -0.219. The van der Waals surface area contributed by atoms with Crippen molar-refractivity contribution < 1.29 is 24.0 Å². The molecule has 7 nitrogen and oxygen atoms in total. The lowest BCUT2D eigenvalue weighted by Gasteiger charge is -2.29. The number of carbonyl (C=O) groups excluding carboxylic acids is 2. The quantitative estimate of drug-likeness (QED) is 0.722. The van der Waals surface area contributed by atoms with Crippen LogP contribution in [0, 0.1) is 6.92 Å². The molecule has 2 aromatic rings. The summed E-state index contributed by atoms with van der Waals surface area (Å²) in [5, 5.41) is 2.86. The van der Waals surface area contributed by atoms with E-state index in [1.165, 1.54) is 0 Å². The third-order valence-electron chi connectivity index (χ3n) is 4.72. The van der Waals surface area contributed by atoms with Gasteiger partial charge in [-0.15, -0.1) is 0 Å². The van der Waals surface area contributed by atoms with Crippen LogP contribution >= 0.6 is 0 Å². The Morgan fingerprint density at radius 3 is 2.52 bits per heavy atom. The number of nitrogens with zero attached hydrogens (tertiary/aromatic N) is 1. The Morgan fingerprint density at radius 1 is 1.10 bits per heavy atom. The molecule has 0 saturated carbocycles. The SMILES string of the molecule is Cc1ccc(NC(=O)C[NH+](C)CC(=O)N(C)C[C@@H]2COc3ccccc3O2)cc1. The van der Waals surface area contributed by atoms with Gasteiger partial charge in [-0.05, 0) is 31.2 Å². The number of aryl methyl sites for hydroxylation is 1. The van der Waals surface area contributed by atoms with E-state index >= 15 is 0 Å². The fourth-order valence-corrected chi connectivity index (χ4v) is 3.13. The van der Waals surface area contributed by atoms with Crippen molar-refractivity contribution in [3.63, 3.8) is 0 Å². The summed E-state index contributed by atoms with van der Waals surface area (Å²) in [7, 11) is 3.57. The van der Waals surface area contributed by atoms with Crippen molar-refractivity contribution >= 4 is 17.5 Å². The maximum atomic E-state index is 12.5. The molecule has 0 radical (unpaired) electrons. The summed E-state index contributed by atoms with van der Waals surface area (Å²) >= 11 is 0. The number of fused-ring (bicyclic) bond motifs is 1. The summed E-state index contributed by atoms with van der Waals surface area (Å²) in [6.45, 7) is 3.26. The number of likely N-dealkylation sites (N-methyl/N-ethyl adjacent to an activating group) is 2. The highest BCUT2D eigenvalue weighted by atomic mass is 16.6. The molecule has 0 aromatic heterocycles. The fourth-order valence-electron chi connectivity index (χ4n) is 3.13. The zero-order valence-electron chi connectivity index (χ0n) is 17.1. The average molecular weight is 398 g/mol. The molecule has 2 aromatic carbocycles. The number of ether oxygens (including phenoxy) is 2. The monoisotopic (exact) mass is 398 g/mol. The van der Waals surface area contributed by atoms with Gasteiger partial charge in [0.15, 0.2) is 30.7 Å². The summed E-state index contributed by atoms with van der Waals surface area (Å²) in [5.41, 5.74) is 1.89. The van der Waals surface area contributed by atoms with Crippen LogP contribution in [0.4, 0.5) is 5.69 Å². The van der Waals surface area contributed by atoms with Gasteiger partial charge in [-0.1, -0.05) is 29.8 Å². The molecule has 154 valence electrons. The number of para-hydroxylation sites is 2. The molecule has 1 unspecified atom stereocenters. The van der Waals surface area contributed by atoms with Gasteiger partial charge in [0.1, 0.15) is 6.61 Å². The molecule has 7 heteroatoms. The van der Waals surface area contributed by atoms with Gasteiger partial charge in [-0.3, -0.25) is 9.59 Å². The largest absolute Gasteiger partial charge is 0.486 e. The Morgan fingerprint density at radius 2 is 1.79 bits per heavy atom. The molecule has 0 bridgehead atoms. The van der Waals surface area contributed by atoms with Gasteiger partial charge in [0.05, 0.1) is 13.6 Å². The minimum Gasteiger partial charge on any atom is -0.486 e. The molecule has 3 rings (SSSR count). The minimum atomic E-state index is -0.219. The van der Waals surface area contributed by atoms with Gasteiger partial charge in [0.2, 0.25) is 0 Å². The van der Waals surface area contributed by atoms with Crippen LogP contribution in [0.5, 0.6) is 11.5 Å². The molecule has 0 saturated heterocycles. The summed E-state index contributed by atoms with van der Waals surface area (Å²) in [5.74, 6) is 1.25. The first-order chi connectivity index (χ1) is 13.9. The van der Waals surface area contributed by atoms with E-state index in [-0.39, 0.29) is 31.0 Å². The first kappa shape index (κ1) is 20.7. The molecular weight excluding hydrogens is 370 g/mol. The van der Waals surface area contributed by atoms with Crippen molar-refractivity contribution in [2.24, 2.45) is 0 Å². The summed E-state index contributed by atoms with van der Waals surface area (Å²) in [6, 6.07) is 15.1. The number of benzene rings is 2. The van der Waals surface area contributed by atoms with E-state index in [1.807, 2.05) is 62.5 Å². The molecule has 2 N–H and O–H groups in total. The van der Waals surface area contributed by atoms with Crippen LogP contribution < -0.4 is 19.7 Å². The number of carbonyl (C=O) groups is 2. The Bertz CT molecular complexity index is 853. The number of hydrogen-bond acceptors (Lipinski definition) is 4. The van der Waals surface area contributed by atoms with Crippen molar-refractivity contribution in [1.82, 2.24) is 4.90 Å². The van der Waals surface area contributed by atoms with Crippen LogP contribution in [0.3, 0.4) is 0 Å². The van der Waals surface area contributed by atoms with Crippen LogP contribution in [0.2, 0.25) is 0 Å². The highest BCUT2D eigenvalue weighted by Crippen LogP contribution is 2.30. The van der Waals surface area contributed by atoms with Crippen LogP contribution in [0.25, 0.3) is 0 Å². The minimum absolute atomic E-state index is 0.0481. The number of nitrogens with one attached hydrogen (secondary N) is 2. The maximum absolute atomic E-state index is 12.5. The highest BCUT2D eigenvalue weighted by molar-refractivity contribution is 5.91. The van der Waals surface area contributed by atoms with Crippen LogP contribution in [0.1, 0.15) is 5.56 Å². The van der Waals surface area contributed by atoms with Gasteiger partial charge in [-0.25, -0.2) is 0 Å². The van der Waals surface area contributed by atoms with Crippen molar-refractivity contribution in [3.8, 4) is 11.5 Å². The molecule has 1 heterocycles. The molecule has 0 spiro atoms. The Hall–Kier alpha value is -3.06. The smallest absolute Gasteiger partial charge is 0.279 e. The number of anilines is 1. The van der Waals surface area contributed by atoms with Crippen molar-refractivity contribution in [1.29, 1.82) is 0 Å². The van der Waals surface area contributed by atoms with Gasteiger partial charge in [0, 0.05) is 12.7 Å². The second kappa shape index (κ2) is 9.43. The predicted molar refractivity (Wildman–Crippen MR) is 110 cm³/mol. The van der Waals surface area contributed by atoms with Crippen molar-refractivity contribution in [2.75, 3.05) is 45.7 Å². The van der Waals surface area contributed by atoms with Crippen LogP contribution in [0.15, 0.2) is 48.5 Å². The number of amides is 2. The zero-order valence-corrected chi connectivity index (χ0v) is 17.1. The van der Waals surface area contributed by atoms with Crippen LogP contribution in [-0.4, -0.2) is 63.2 Å². The van der Waals surface area contributed by atoms with Gasteiger partial charge in [0.25, 0.3) is 11.8 Å². The molecular formula is C22H28N3O4+. The fraction of sp³-hybridized carbons (Fsp3) is 0.364. The number of hydrogen-bond donors (Lipinski definition) is 2. The van der Waals surface area contributed by atoms with E-state index in [1.54, 1.807) is 11.9 Å². The first-order valence-corrected chi connectivity index (χ1v) is 9.71. The molecule has 0 fully saturated rings. The molecule has 2 amide bonds. The topological polar surface area (TPSA) is 72.3 Å². The Labute approximate surface area is 171 Å². The molecule has 1 aliphatic rings. The van der Waals surface area contributed by atoms with E-state index in [2.05, 4.69) is 5.32 Å². The Kier molecular flexibility index (Phi) is 6.72. The van der Waals surface area contributed by atoms with Gasteiger partial charge in [-0.2, -0.15) is 0 Å². The Balaban J connectivity index is 1.43. The van der Waals surface area contributed by atoms with Gasteiger partial charge < -0.3 is 24.6 Å². The second-order valence-corrected chi connectivity index (χ2v) is 7.50. The third-order valence-corrected chi connectivity index (χ3v) is 4.72. The number of quaternary nitrogens is 1. The number of rotatable bonds is 7. The summed E-state index contributed by atoms with van der Waals surface area (Å²) in [4.78, 5) is 27.2. The third kappa shape index (κ3) is 5.96. The molecule has 2 atom stereocenters. The van der Waals surface area contributed by atoms with E-state index in [0.717, 1.165) is 21.9 Å². The van der Waals surface area contributed by atoms with Crippen LogP contribution in [-0.2, 0) is 9.59 Å². The average Bonchev–Trinajstić information content (AvgIpc) is 2.69. The van der Waals surface area contributed by atoms with E-state index in [0.29, 0.717) is 18.9 Å². The van der Waals surface area contributed by atoms with Crippen molar-refractivity contribution in [2.45, 2.75) is 13.0 Å². The molecule has 29 heavy (non-hydrogen) atoms. The standard InChI is InChI=1S/C22H27N3O4/c1-16-8-10-17(11-9-16)23-21(26)13-24(2)14-22(27)25(3)12-18-15-28-19-6-4-5-7-20(19)29-18/h4-11,18H,12-15H2,1-3H3,(H,23,26)/p+1/t18-/m1/s1. The van der Waals surface area contributed by atoms with E-state index in [4.69, 9.17) is 9.47 Å². The lowest BCUT2D eigenvalue weighted by Crippen LogP contribution is -3.11. The first-order valence-electron chi connectivity index (χ1n) is 9.71. The lowest BCUT2D eigenvalue weighted by atomic mass is 10.2. The lowest BCUT2D eigenvalue weighted by molar-refractivity contribution is -0.862. The zero-order chi connectivity index (χ0) is 20.8. The van der Waals surface area contributed by atoms with Gasteiger partial charge >= 0.3 is 0 Å². The van der Waals surface area contributed by atoms with Crippen molar-refractivity contribution in [3.05, 3.63) is 54.1 Å². The predicted octanol–water partition coefficient (Wildman–Crippen LogP) is 0.747. The highest BCUT2D eigenvalue weighted by Gasteiger charge is 2.25. The maximum Gasteiger partial charge on any atom is 0.279 e. The summed E-state index contributed by atoms with van der Waals surface area (Å²) < 4.78 is 11.6. The molecule has 1 aliphatic heterocycles. The normalized spacial score (nSPS) is 16.0. The molecule has 0 aliphatic carbocycles. The van der Waals surface area contributed by atoms with E-state index in [9.17, 15) is 9.59 Å². The second-order valence-electron chi connectivity index (χ2n) is 7.50. The van der Waals surface area contributed by atoms with E-state index < -0.39 is 0 Å².